The number of carbonyl (C=O) groups excluding carboxylic acids is 1. The van der Waals surface area contributed by atoms with Gasteiger partial charge in [-0.1, -0.05) is 38.1 Å². The minimum absolute atomic E-state index is 0.00414. The Kier molecular flexibility index (Phi) is 5.84. The fourth-order valence-corrected chi connectivity index (χ4v) is 5.43. The molecule has 0 bridgehead atoms. The van der Waals surface area contributed by atoms with Gasteiger partial charge in [-0.05, 0) is 78.5 Å². The van der Waals surface area contributed by atoms with Crippen molar-refractivity contribution >= 4 is 5.91 Å². The number of nitrogens with two attached hydrogens (primary N) is 1. The van der Waals surface area contributed by atoms with Gasteiger partial charge in [-0.3, -0.25) is 4.79 Å². The van der Waals surface area contributed by atoms with Gasteiger partial charge in [-0.15, -0.1) is 0 Å². The van der Waals surface area contributed by atoms with E-state index < -0.39 is 5.60 Å². The first kappa shape index (κ1) is 21.8. The van der Waals surface area contributed by atoms with Crippen LogP contribution >= 0.6 is 0 Å². The molecule has 5 heteroatoms. The van der Waals surface area contributed by atoms with Crippen molar-refractivity contribution in [1.82, 2.24) is 4.90 Å². The van der Waals surface area contributed by atoms with Gasteiger partial charge in [0.1, 0.15) is 5.75 Å². The first-order chi connectivity index (χ1) is 14.7. The standard InChI is InChI=1S/C26H34N2O3/c1-18-16-28(12-11-25(18,2)22-6-4-5-20(13-22)24(27)29)17-26(30)14-21(15-26)19-7-9-23(31-3)10-8-19/h4-10,13,18,21,30H,11-12,14-17H2,1-3H3,(H2,27,29). The van der Waals surface area contributed by atoms with Crippen LogP contribution in [0.4, 0.5) is 0 Å². The summed E-state index contributed by atoms with van der Waals surface area (Å²) in [4.78, 5) is 14.0. The Morgan fingerprint density at radius 2 is 1.94 bits per heavy atom. The largest absolute Gasteiger partial charge is 0.497 e. The molecule has 4 rings (SSSR count). The molecule has 2 atom stereocenters. The van der Waals surface area contributed by atoms with E-state index in [0.717, 1.165) is 44.6 Å². The van der Waals surface area contributed by atoms with Gasteiger partial charge in [0.25, 0.3) is 0 Å². The van der Waals surface area contributed by atoms with Crippen molar-refractivity contribution in [3.05, 3.63) is 65.2 Å². The number of methoxy groups -OCH3 is 1. The van der Waals surface area contributed by atoms with Crippen LogP contribution in [0.25, 0.3) is 0 Å². The average molecular weight is 423 g/mol. The fraction of sp³-hybridized carbons (Fsp3) is 0.500. The summed E-state index contributed by atoms with van der Waals surface area (Å²) in [6.45, 7) is 7.16. The highest BCUT2D eigenvalue weighted by Crippen LogP contribution is 2.47. The molecule has 2 aliphatic rings. The van der Waals surface area contributed by atoms with Crippen molar-refractivity contribution in [3.63, 3.8) is 0 Å². The zero-order valence-electron chi connectivity index (χ0n) is 18.8. The molecule has 1 saturated carbocycles. The lowest BCUT2D eigenvalue weighted by molar-refractivity contribution is -0.0815. The molecular weight excluding hydrogens is 388 g/mol. The molecule has 2 unspecified atom stereocenters. The second-order valence-corrected chi connectivity index (χ2v) is 9.85. The van der Waals surface area contributed by atoms with Crippen molar-refractivity contribution in [2.75, 3.05) is 26.7 Å². The summed E-state index contributed by atoms with van der Waals surface area (Å²) in [6, 6.07) is 16.0. The minimum Gasteiger partial charge on any atom is -0.497 e. The zero-order valence-corrected chi connectivity index (χ0v) is 18.8. The Morgan fingerprint density at radius 3 is 2.55 bits per heavy atom. The number of rotatable bonds is 6. The molecule has 1 saturated heterocycles. The Morgan fingerprint density at radius 1 is 1.23 bits per heavy atom. The van der Waals surface area contributed by atoms with E-state index in [1.807, 2.05) is 24.3 Å². The van der Waals surface area contributed by atoms with Gasteiger partial charge >= 0.3 is 0 Å². The van der Waals surface area contributed by atoms with E-state index >= 15 is 0 Å². The molecule has 0 radical (unpaired) electrons. The quantitative estimate of drug-likeness (QED) is 0.744. The molecule has 31 heavy (non-hydrogen) atoms. The van der Waals surface area contributed by atoms with E-state index in [1.54, 1.807) is 13.2 Å². The molecule has 1 heterocycles. The summed E-state index contributed by atoms with van der Waals surface area (Å²) < 4.78 is 5.24. The van der Waals surface area contributed by atoms with E-state index in [4.69, 9.17) is 10.5 Å². The van der Waals surface area contributed by atoms with Crippen molar-refractivity contribution in [1.29, 1.82) is 0 Å². The van der Waals surface area contributed by atoms with Gasteiger partial charge < -0.3 is 20.5 Å². The maximum absolute atomic E-state index is 11.6. The predicted octanol–water partition coefficient (Wildman–Crippen LogP) is 3.70. The number of nitrogens with zero attached hydrogens (tertiary/aromatic N) is 1. The molecule has 1 amide bonds. The average Bonchev–Trinajstić information content (AvgIpc) is 2.75. The number of β-amino-alcohol motifs (C(OH)–C–C–N with tert-alkyl or cyclic N) is 1. The number of primary amides is 1. The second-order valence-electron chi connectivity index (χ2n) is 9.85. The molecule has 2 fully saturated rings. The first-order valence-electron chi connectivity index (χ1n) is 11.2. The number of aliphatic hydroxyl groups is 1. The van der Waals surface area contributed by atoms with Crippen LogP contribution in [0, 0.1) is 5.92 Å². The molecule has 2 aromatic rings. The Labute approximate surface area is 185 Å². The van der Waals surface area contributed by atoms with Crippen LogP contribution in [-0.2, 0) is 5.41 Å². The lowest BCUT2D eigenvalue weighted by Gasteiger charge is -2.50. The van der Waals surface area contributed by atoms with E-state index in [1.165, 1.54) is 11.1 Å². The number of hydrogen-bond acceptors (Lipinski definition) is 4. The molecule has 2 aromatic carbocycles. The fourth-order valence-electron chi connectivity index (χ4n) is 5.43. The summed E-state index contributed by atoms with van der Waals surface area (Å²) in [7, 11) is 1.68. The molecule has 3 N–H and O–H groups in total. The van der Waals surface area contributed by atoms with Crippen molar-refractivity contribution in [3.8, 4) is 5.75 Å². The van der Waals surface area contributed by atoms with Gasteiger partial charge in [0.15, 0.2) is 0 Å². The van der Waals surface area contributed by atoms with Crippen molar-refractivity contribution in [2.24, 2.45) is 11.7 Å². The highest BCUT2D eigenvalue weighted by atomic mass is 16.5. The smallest absolute Gasteiger partial charge is 0.248 e. The Bertz CT molecular complexity index is 936. The minimum atomic E-state index is -0.607. The highest BCUT2D eigenvalue weighted by Gasteiger charge is 2.46. The van der Waals surface area contributed by atoms with Crippen LogP contribution in [0.15, 0.2) is 48.5 Å². The maximum atomic E-state index is 11.6. The summed E-state index contributed by atoms with van der Waals surface area (Å²) >= 11 is 0. The predicted molar refractivity (Wildman–Crippen MR) is 122 cm³/mol. The Balaban J connectivity index is 1.36. The Hall–Kier alpha value is -2.37. The normalized spacial score (nSPS) is 31.1. The summed E-state index contributed by atoms with van der Waals surface area (Å²) in [5.74, 6) is 1.31. The van der Waals surface area contributed by atoms with Gasteiger partial charge in [-0.2, -0.15) is 0 Å². The number of carbonyl (C=O) groups is 1. The van der Waals surface area contributed by atoms with Gasteiger partial charge in [0, 0.05) is 18.7 Å². The van der Waals surface area contributed by atoms with Crippen LogP contribution in [0.2, 0.25) is 0 Å². The SMILES string of the molecule is COc1ccc(C2CC(O)(CN3CCC(C)(c4cccc(C(N)=O)c4)C(C)C3)C2)cc1. The summed E-state index contributed by atoms with van der Waals surface area (Å²) in [5, 5.41) is 11.1. The lowest BCUT2D eigenvalue weighted by atomic mass is 9.65. The molecule has 1 aliphatic carbocycles. The molecule has 0 aromatic heterocycles. The first-order valence-corrected chi connectivity index (χ1v) is 11.2. The zero-order chi connectivity index (χ0) is 22.2. The van der Waals surface area contributed by atoms with Gasteiger partial charge in [0.05, 0.1) is 12.7 Å². The third kappa shape index (κ3) is 4.35. The summed E-state index contributed by atoms with van der Waals surface area (Å²) in [5.41, 5.74) is 7.91. The molecular formula is C26H34N2O3. The van der Waals surface area contributed by atoms with Crippen molar-refractivity contribution in [2.45, 2.75) is 50.0 Å². The van der Waals surface area contributed by atoms with E-state index in [0.29, 0.717) is 17.4 Å². The van der Waals surface area contributed by atoms with Gasteiger partial charge in [-0.25, -0.2) is 0 Å². The molecule has 1 aliphatic heterocycles. The molecule has 5 nitrogen and oxygen atoms in total. The highest BCUT2D eigenvalue weighted by molar-refractivity contribution is 5.92. The number of likely N-dealkylation sites (tertiary alicyclic amines) is 1. The topological polar surface area (TPSA) is 75.8 Å². The van der Waals surface area contributed by atoms with Crippen LogP contribution in [0.1, 0.15) is 60.5 Å². The maximum Gasteiger partial charge on any atom is 0.248 e. The summed E-state index contributed by atoms with van der Waals surface area (Å²) in [6.07, 6.45) is 2.61. The monoisotopic (exact) mass is 422 g/mol. The molecule has 0 spiro atoms. The van der Waals surface area contributed by atoms with Crippen molar-refractivity contribution < 1.29 is 14.6 Å². The van der Waals surface area contributed by atoms with Crippen LogP contribution in [0.3, 0.4) is 0 Å². The van der Waals surface area contributed by atoms with Crippen LogP contribution < -0.4 is 10.5 Å². The van der Waals surface area contributed by atoms with Crippen LogP contribution in [0.5, 0.6) is 5.75 Å². The number of piperidine rings is 1. The number of benzene rings is 2. The molecule has 166 valence electrons. The van der Waals surface area contributed by atoms with E-state index in [-0.39, 0.29) is 11.3 Å². The van der Waals surface area contributed by atoms with E-state index in [9.17, 15) is 9.90 Å². The van der Waals surface area contributed by atoms with Crippen LogP contribution in [-0.4, -0.2) is 48.3 Å². The third-order valence-corrected chi connectivity index (χ3v) is 7.73. The number of ether oxygens (including phenoxy) is 1. The number of hydrogen-bond donors (Lipinski definition) is 2. The number of amides is 1. The second kappa shape index (κ2) is 8.29. The van der Waals surface area contributed by atoms with E-state index in [2.05, 4.69) is 36.9 Å². The third-order valence-electron chi connectivity index (χ3n) is 7.73. The lowest BCUT2D eigenvalue weighted by Crippen LogP contribution is -2.56. The van der Waals surface area contributed by atoms with Gasteiger partial charge in [0.2, 0.25) is 5.91 Å².